The van der Waals surface area contributed by atoms with Crippen LogP contribution in [0.1, 0.15) is 5.01 Å². The van der Waals surface area contributed by atoms with Crippen LogP contribution in [0.3, 0.4) is 0 Å². The van der Waals surface area contributed by atoms with Crippen molar-refractivity contribution in [3.63, 3.8) is 0 Å². The van der Waals surface area contributed by atoms with Crippen LogP contribution in [0.15, 0.2) is 18.6 Å². The Bertz CT molecular complexity index is 370. The lowest BCUT2D eigenvalue weighted by Crippen LogP contribution is -1.82. The average molecular weight is 178 g/mol. The standard InChI is InChI=1S/C7H6N4S/c1-5-10-11-7(12-5)6-4-8-2-3-9-6/h2-4H,1H3. The van der Waals surface area contributed by atoms with Crippen molar-refractivity contribution in [3.05, 3.63) is 23.6 Å². The van der Waals surface area contributed by atoms with E-state index in [4.69, 9.17) is 0 Å². The third-order valence-electron chi connectivity index (χ3n) is 1.31. The van der Waals surface area contributed by atoms with E-state index in [2.05, 4.69) is 20.2 Å². The lowest BCUT2D eigenvalue weighted by molar-refractivity contribution is 1.04. The van der Waals surface area contributed by atoms with Crippen molar-refractivity contribution in [1.82, 2.24) is 20.2 Å². The summed E-state index contributed by atoms with van der Waals surface area (Å²) in [5.74, 6) is 0. The van der Waals surface area contributed by atoms with E-state index in [1.807, 2.05) is 6.92 Å². The fourth-order valence-electron chi connectivity index (χ4n) is 0.810. The van der Waals surface area contributed by atoms with E-state index in [1.54, 1.807) is 18.6 Å². The quantitative estimate of drug-likeness (QED) is 0.660. The minimum atomic E-state index is 0.781. The molecule has 2 rings (SSSR count). The maximum absolute atomic E-state index is 4.11. The Hall–Kier alpha value is -1.36. The summed E-state index contributed by atoms with van der Waals surface area (Å²) in [7, 11) is 0. The lowest BCUT2D eigenvalue weighted by atomic mass is 10.5. The number of hydrogen-bond acceptors (Lipinski definition) is 5. The van der Waals surface area contributed by atoms with E-state index < -0.39 is 0 Å². The fourth-order valence-corrected chi connectivity index (χ4v) is 1.46. The van der Waals surface area contributed by atoms with Crippen LogP contribution in [-0.4, -0.2) is 20.2 Å². The maximum Gasteiger partial charge on any atom is 0.167 e. The summed E-state index contributed by atoms with van der Waals surface area (Å²) in [6, 6.07) is 0. The molecule has 0 aliphatic heterocycles. The highest BCUT2D eigenvalue weighted by Crippen LogP contribution is 2.18. The molecule has 2 heterocycles. The Morgan fingerprint density at radius 3 is 2.75 bits per heavy atom. The van der Waals surface area contributed by atoms with Crippen LogP contribution in [0.4, 0.5) is 0 Å². The zero-order valence-corrected chi connectivity index (χ0v) is 7.25. The molecule has 0 aromatic carbocycles. The van der Waals surface area contributed by atoms with Crippen LogP contribution in [0.5, 0.6) is 0 Å². The summed E-state index contributed by atoms with van der Waals surface area (Å²) in [6.45, 7) is 1.91. The predicted octanol–water partition coefficient (Wildman–Crippen LogP) is 1.30. The van der Waals surface area contributed by atoms with Crippen molar-refractivity contribution in [1.29, 1.82) is 0 Å². The highest BCUT2D eigenvalue weighted by atomic mass is 32.1. The third kappa shape index (κ3) is 1.31. The molecule has 12 heavy (non-hydrogen) atoms. The summed E-state index contributed by atoms with van der Waals surface area (Å²) in [5.41, 5.74) is 0.781. The van der Waals surface area contributed by atoms with Crippen LogP contribution < -0.4 is 0 Å². The molecular weight excluding hydrogens is 172 g/mol. The Kier molecular flexibility index (Phi) is 1.79. The van der Waals surface area contributed by atoms with Gasteiger partial charge in [0.2, 0.25) is 0 Å². The molecule has 0 unspecified atom stereocenters. The predicted molar refractivity (Wildman–Crippen MR) is 45.7 cm³/mol. The van der Waals surface area contributed by atoms with Crippen molar-refractivity contribution in [2.75, 3.05) is 0 Å². The second kappa shape index (κ2) is 2.94. The fraction of sp³-hybridized carbons (Fsp3) is 0.143. The van der Waals surface area contributed by atoms with Crippen molar-refractivity contribution in [2.45, 2.75) is 6.92 Å². The molecule has 0 bridgehead atoms. The van der Waals surface area contributed by atoms with E-state index in [1.165, 1.54) is 11.3 Å². The summed E-state index contributed by atoms with van der Waals surface area (Å²) in [5, 5.41) is 9.61. The van der Waals surface area contributed by atoms with Crippen LogP contribution in [0.2, 0.25) is 0 Å². The molecule has 0 spiro atoms. The van der Waals surface area contributed by atoms with E-state index in [9.17, 15) is 0 Å². The first-order valence-corrected chi connectivity index (χ1v) is 4.24. The van der Waals surface area contributed by atoms with Gasteiger partial charge in [0.25, 0.3) is 0 Å². The number of rotatable bonds is 1. The van der Waals surface area contributed by atoms with Gasteiger partial charge in [-0.05, 0) is 6.92 Å². The third-order valence-corrected chi connectivity index (χ3v) is 2.17. The van der Waals surface area contributed by atoms with Crippen LogP contribution in [0.25, 0.3) is 10.7 Å². The minimum absolute atomic E-state index is 0.781. The van der Waals surface area contributed by atoms with Crippen molar-refractivity contribution in [2.24, 2.45) is 0 Å². The van der Waals surface area contributed by atoms with Crippen LogP contribution in [0, 0.1) is 6.92 Å². The van der Waals surface area contributed by atoms with Gasteiger partial charge in [0.05, 0.1) is 6.20 Å². The smallest absolute Gasteiger partial charge is 0.167 e. The van der Waals surface area contributed by atoms with Gasteiger partial charge < -0.3 is 0 Å². The van der Waals surface area contributed by atoms with Crippen molar-refractivity contribution >= 4 is 11.3 Å². The zero-order valence-electron chi connectivity index (χ0n) is 6.43. The first kappa shape index (κ1) is 7.30. The van der Waals surface area contributed by atoms with Gasteiger partial charge in [0, 0.05) is 12.4 Å². The number of nitrogens with zero attached hydrogens (tertiary/aromatic N) is 4. The molecule has 0 amide bonds. The molecule has 60 valence electrons. The molecule has 0 aliphatic rings. The second-order valence-electron chi connectivity index (χ2n) is 2.22. The molecule has 0 atom stereocenters. The van der Waals surface area contributed by atoms with Gasteiger partial charge in [-0.25, -0.2) is 0 Å². The average Bonchev–Trinajstić information content (AvgIpc) is 2.54. The minimum Gasteiger partial charge on any atom is -0.261 e. The normalized spacial score (nSPS) is 10.1. The molecule has 0 saturated carbocycles. The SMILES string of the molecule is Cc1nnc(-c2cnccn2)s1. The largest absolute Gasteiger partial charge is 0.261 e. The van der Waals surface area contributed by atoms with Gasteiger partial charge in [-0.3, -0.25) is 9.97 Å². The molecule has 0 saturated heterocycles. The van der Waals surface area contributed by atoms with E-state index in [0.717, 1.165) is 15.7 Å². The summed E-state index contributed by atoms with van der Waals surface area (Å²) in [4.78, 5) is 8.05. The first-order chi connectivity index (χ1) is 5.86. The molecular formula is C7H6N4S. The van der Waals surface area contributed by atoms with Gasteiger partial charge in [-0.15, -0.1) is 10.2 Å². The molecule has 0 aliphatic carbocycles. The van der Waals surface area contributed by atoms with E-state index in [-0.39, 0.29) is 0 Å². The maximum atomic E-state index is 4.11. The molecule has 5 heteroatoms. The summed E-state index contributed by atoms with van der Waals surface area (Å²) in [6.07, 6.45) is 4.96. The molecule has 2 aromatic rings. The summed E-state index contributed by atoms with van der Waals surface area (Å²) < 4.78 is 0. The zero-order chi connectivity index (χ0) is 8.39. The van der Waals surface area contributed by atoms with Crippen molar-refractivity contribution < 1.29 is 0 Å². The van der Waals surface area contributed by atoms with Crippen LogP contribution >= 0.6 is 11.3 Å². The lowest BCUT2D eigenvalue weighted by Gasteiger charge is -1.89. The molecule has 0 radical (unpaired) electrons. The van der Waals surface area contributed by atoms with Gasteiger partial charge in [-0.1, -0.05) is 11.3 Å². The van der Waals surface area contributed by atoms with Crippen LogP contribution in [-0.2, 0) is 0 Å². The highest BCUT2D eigenvalue weighted by Gasteiger charge is 2.03. The Morgan fingerprint density at radius 1 is 1.25 bits per heavy atom. The number of hydrogen-bond donors (Lipinski definition) is 0. The van der Waals surface area contributed by atoms with E-state index >= 15 is 0 Å². The molecule has 4 nitrogen and oxygen atoms in total. The Morgan fingerprint density at radius 2 is 2.17 bits per heavy atom. The Balaban J connectivity index is 2.45. The topological polar surface area (TPSA) is 51.6 Å². The second-order valence-corrected chi connectivity index (χ2v) is 3.40. The van der Waals surface area contributed by atoms with E-state index in [0.29, 0.717) is 0 Å². The van der Waals surface area contributed by atoms with Gasteiger partial charge in [0.1, 0.15) is 10.7 Å². The molecule has 0 N–H and O–H groups in total. The van der Waals surface area contributed by atoms with Gasteiger partial charge in [0.15, 0.2) is 5.01 Å². The first-order valence-electron chi connectivity index (χ1n) is 3.43. The monoisotopic (exact) mass is 178 g/mol. The van der Waals surface area contributed by atoms with Gasteiger partial charge in [-0.2, -0.15) is 0 Å². The number of aromatic nitrogens is 4. The summed E-state index contributed by atoms with van der Waals surface area (Å²) >= 11 is 1.52. The highest BCUT2D eigenvalue weighted by molar-refractivity contribution is 7.14. The number of aryl methyl sites for hydroxylation is 1. The van der Waals surface area contributed by atoms with Gasteiger partial charge >= 0.3 is 0 Å². The molecule has 2 aromatic heterocycles. The molecule has 0 fully saturated rings. The Labute approximate surface area is 73.3 Å². The van der Waals surface area contributed by atoms with Crippen molar-refractivity contribution in [3.8, 4) is 10.7 Å².